The molecular weight excluding hydrogens is 276 g/mol. The van der Waals surface area contributed by atoms with E-state index in [1.807, 2.05) is 24.3 Å². The van der Waals surface area contributed by atoms with Gasteiger partial charge in [0, 0.05) is 22.8 Å². The second-order valence-electron chi connectivity index (χ2n) is 4.43. The van der Waals surface area contributed by atoms with Crippen LogP contribution in [-0.2, 0) is 12.3 Å². The molecule has 1 N–H and O–H groups in total. The van der Waals surface area contributed by atoms with Gasteiger partial charge in [-0.25, -0.2) is 8.78 Å². The lowest BCUT2D eigenvalue weighted by atomic mass is 10.2. The Labute approximate surface area is 122 Å². The van der Waals surface area contributed by atoms with Crippen molar-refractivity contribution < 1.29 is 8.78 Å². The fourth-order valence-corrected chi connectivity index (χ4v) is 2.67. The highest BCUT2D eigenvalue weighted by Crippen LogP contribution is 2.25. The van der Waals surface area contributed by atoms with E-state index in [2.05, 4.69) is 12.2 Å². The van der Waals surface area contributed by atoms with Crippen molar-refractivity contribution in [1.29, 1.82) is 0 Å². The Kier molecular flexibility index (Phi) is 5.56. The van der Waals surface area contributed by atoms with E-state index >= 15 is 0 Å². The smallest absolute Gasteiger partial charge is 0.162 e. The van der Waals surface area contributed by atoms with Crippen LogP contribution >= 0.6 is 11.8 Å². The maximum Gasteiger partial charge on any atom is 0.162 e. The third kappa shape index (κ3) is 4.05. The van der Waals surface area contributed by atoms with Crippen LogP contribution in [0, 0.1) is 11.6 Å². The Morgan fingerprint density at radius 2 is 1.80 bits per heavy atom. The summed E-state index contributed by atoms with van der Waals surface area (Å²) in [6.45, 7) is 3.85. The molecule has 2 rings (SSSR count). The van der Waals surface area contributed by atoms with Crippen LogP contribution in [0.2, 0.25) is 0 Å². The van der Waals surface area contributed by atoms with Gasteiger partial charge in [-0.2, -0.15) is 0 Å². The summed E-state index contributed by atoms with van der Waals surface area (Å²) in [5.41, 5.74) is 1.61. The predicted molar refractivity (Wildman–Crippen MR) is 79.7 cm³/mol. The summed E-state index contributed by atoms with van der Waals surface area (Å²) in [5.74, 6) is -1.11. The molecule has 106 valence electrons. The highest BCUT2D eigenvalue weighted by Gasteiger charge is 2.07. The minimum Gasteiger partial charge on any atom is -0.313 e. The zero-order chi connectivity index (χ0) is 14.4. The second kappa shape index (κ2) is 7.41. The van der Waals surface area contributed by atoms with E-state index in [0.29, 0.717) is 11.3 Å². The van der Waals surface area contributed by atoms with E-state index < -0.39 is 11.6 Å². The summed E-state index contributed by atoms with van der Waals surface area (Å²) in [5, 5.41) is 3.26. The van der Waals surface area contributed by atoms with Gasteiger partial charge in [-0.1, -0.05) is 31.2 Å². The van der Waals surface area contributed by atoms with Gasteiger partial charge in [0.25, 0.3) is 0 Å². The Balaban J connectivity index is 1.95. The van der Waals surface area contributed by atoms with Gasteiger partial charge >= 0.3 is 0 Å². The molecule has 0 saturated carbocycles. The molecule has 0 aliphatic heterocycles. The number of hydrogen-bond acceptors (Lipinski definition) is 2. The molecule has 2 aromatic carbocycles. The first-order valence-corrected chi connectivity index (χ1v) is 7.54. The van der Waals surface area contributed by atoms with E-state index in [1.165, 1.54) is 23.4 Å². The number of thioether (sulfide) groups is 1. The summed E-state index contributed by atoms with van der Waals surface area (Å²) < 4.78 is 26.6. The van der Waals surface area contributed by atoms with E-state index in [-0.39, 0.29) is 0 Å². The molecule has 2 aromatic rings. The molecule has 0 aliphatic rings. The summed E-state index contributed by atoms with van der Waals surface area (Å²) in [7, 11) is 0. The van der Waals surface area contributed by atoms with Crippen LogP contribution in [0.3, 0.4) is 0 Å². The van der Waals surface area contributed by atoms with Crippen LogP contribution in [0.15, 0.2) is 47.4 Å². The lowest BCUT2D eigenvalue weighted by Crippen LogP contribution is -2.11. The zero-order valence-corrected chi connectivity index (χ0v) is 12.1. The van der Waals surface area contributed by atoms with E-state index in [1.54, 1.807) is 6.07 Å². The highest BCUT2D eigenvalue weighted by atomic mass is 32.2. The van der Waals surface area contributed by atoms with Crippen molar-refractivity contribution in [3.8, 4) is 0 Å². The monoisotopic (exact) mass is 293 g/mol. The second-order valence-corrected chi connectivity index (χ2v) is 5.47. The van der Waals surface area contributed by atoms with Gasteiger partial charge in [-0.3, -0.25) is 0 Å². The van der Waals surface area contributed by atoms with Gasteiger partial charge in [0.05, 0.1) is 0 Å². The van der Waals surface area contributed by atoms with Crippen LogP contribution < -0.4 is 5.32 Å². The molecule has 0 saturated heterocycles. The average Bonchev–Trinajstić information content (AvgIpc) is 2.48. The standard InChI is InChI=1S/C16H17F2NS/c1-2-19-10-12-6-8-14(9-7-12)20-11-13-4-3-5-15(17)16(13)18/h3-9,19H,2,10-11H2,1H3. The van der Waals surface area contributed by atoms with Crippen molar-refractivity contribution in [1.82, 2.24) is 5.32 Å². The fourth-order valence-electron chi connectivity index (χ4n) is 1.79. The van der Waals surface area contributed by atoms with Gasteiger partial charge < -0.3 is 5.32 Å². The van der Waals surface area contributed by atoms with E-state index in [4.69, 9.17) is 0 Å². The summed E-state index contributed by atoms with van der Waals surface area (Å²) in [6, 6.07) is 12.4. The maximum absolute atomic E-state index is 13.5. The molecule has 20 heavy (non-hydrogen) atoms. The van der Waals surface area contributed by atoms with E-state index in [9.17, 15) is 8.78 Å². The molecule has 0 bridgehead atoms. The number of nitrogens with one attached hydrogen (secondary N) is 1. The Morgan fingerprint density at radius 1 is 1.05 bits per heavy atom. The lowest BCUT2D eigenvalue weighted by molar-refractivity contribution is 0.502. The highest BCUT2D eigenvalue weighted by molar-refractivity contribution is 7.98. The quantitative estimate of drug-likeness (QED) is 0.794. The lowest BCUT2D eigenvalue weighted by Gasteiger charge is -2.06. The third-order valence-corrected chi connectivity index (χ3v) is 3.99. The Morgan fingerprint density at radius 3 is 2.50 bits per heavy atom. The normalized spacial score (nSPS) is 10.8. The van der Waals surface area contributed by atoms with Crippen LogP contribution in [0.1, 0.15) is 18.1 Å². The van der Waals surface area contributed by atoms with Gasteiger partial charge in [0.1, 0.15) is 0 Å². The van der Waals surface area contributed by atoms with Gasteiger partial charge in [0.15, 0.2) is 11.6 Å². The topological polar surface area (TPSA) is 12.0 Å². The van der Waals surface area contributed by atoms with Crippen LogP contribution in [0.4, 0.5) is 8.78 Å². The fraction of sp³-hybridized carbons (Fsp3) is 0.250. The molecule has 1 nitrogen and oxygen atoms in total. The summed E-state index contributed by atoms with van der Waals surface area (Å²) >= 11 is 1.50. The number of halogens is 2. The summed E-state index contributed by atoms with van der Waals surface area (Å²) in [6.07, 6.45) is 0. The molecule has 0 heterocycles. The predicted octanol–water partition coefficient (Wildman–Crippen LogP) is 4.37. The average molecular weight is 293 g/mol. The molecule has 0 amide bonds. The maximum atomic E-state index is 13.5. The first-order chi connectivity index (χ1) is 9.70. The van der Waals surface area contributed by atoms with Gasteiger partial charge in [-0.15, -0.1) is 11.8 Å². The Hall–Kier alpha value is -1.39. The van der Waals surface area contributed by atoms with Crippen molar-refractivity contribution in [2.24, 2.45) is 0 Å². The molecule has 0 atom stereocenters. The third-order valence-electron chi connectivity index (χ3n) is 2.93. The Bertz CT molecular complexity index is 555. The van der Waals surface area contributed by atoms with Crippen LogP contribution in [0.25, 0.3) is 0 Å². The first kappa shape index (κ1) is 15.0. The SMILES string of the molecule is CCNCc1ccc(SCc2cccc(F)c2F)cc1. The van der Waals surface area contributed by atoms with Crippen molar-refractivity contribution in [2.75, 3.05) is 6.54 Å². The van der Waals surface area contributed by atoms with E-state index in [0.717, 1.165) is 24.1 Å². The molecular formula is C16H17F2NS. The largest absolute Gasteiger partial charge is 0.313 e. The van der Waals surface area contributed by atoms with Gasteiger partial charge in [0.2, 0.25) is 0 Å². The van der Waals surface area contributed by atoms with Crippen LogP contribution in [-0.4, -0.2) is 6.54 Å². The molecule has 0 aromatic heterocycles. The number of benzene rings is 2. The van der Waals surface area contributed by atoms with Crippen molar-refractivity contribution in [2.45, 2.75) is 24.1 Å². The van der Waals surface area contributed by atoms with Gasteiger partial charge in [-0.05, 0) is 30.3 Å². The van der Waals surface area contributed by atoms with Crippen molar-refractivity contribution >= 4 is 11.8 Å². The molecule has 0 aliphatic carbocycles. The van der Waals surface area contributed by atoms with Crippen molar-refractivity contribution in [3.05, 3.63) is 65.2 Å². The minimum atomic E-state index is -0.788. The molecule has 0 fully saturated rings. The first-order valence-electron chi connectivity index (χ1n) is 6.56. The molecule has 4 heteroatoms. The zero-order valence-electron chi connectivity index (χ0n) is 11.3. The van der Waals surface area contributed by atoms with Crippen LogP contribution in [0.5, 0.6) is 0 Å². The van der Waals surface area contributed by atoms with Crippen molar-refractivity contribution in [3.63, 3.8) is 0 Å². The summed E-state index contributed by atoms with van der Waals surface area (Å²) in [4.78, 5) is 1.05. The molecule has 0 spiro atoms. The number of rotatable bonds is 6. The number of hydrogen-bond donors (Lipinski definition) is 1. The molecule has 0 unspecified atom stereocenters. The minimum absolute atomic E-state index is 0.395. The molecule has 0 radical (unpaired) electrons.